The van der Waals surface area contributed by atoms with Crippen molar-refractivity contribution in [3.8, 4) is 5.75 Å². The van der Waals surface area contributed by atoms with Gasteiger partial charge < -0.3 is 5.11 Å². The van der Waals surface area contributed by atoms with Gasteiger partial charge in [-0.2, -0.15) is 5.10 Å². The summed E-state index contributed by atoms with van der Waals surface area (Å²) in [5, 5.41) is 22.1. The first kappa shape index (κ1) is 15.5. The number of nitrogens with one attached hydrogen (secondary N) is 1. The average Bonchev–Trinajstić information content (AvgIpc) is 2.88. The molecule has 2 rings (SSSR count). The highest BCUT2D eigenvalue weighted by Crippen LogP contribution is 2.21. The van der Waals surface area contributed by atoms with Crippen LogP contribution in [0.4, 0.5) is 0 Å². The number of phenols is 1. The number of aryl methyl sites for hydroxylation is 1. The molecule has 0 unspecified atom stereocenters. The summed E-state index contributed by atoms with van der Waals surface area (Å²) in [6.07, 6.45) is 0. The van der Waals surface area contributed by atoms with Crippen molar-refractivity contribution in [2.24, 2.45) is 5.10 Å². The Bertz CT molecular complexity index is 670. The molecule has 2 aromatic rings. The number of hydrazone groups is 1. The summed E-state index contributed by atoms with van der Waals surface area (Å²) >= 11 is 2.77. The van der Waals surface area contributed by atoms with E-state index >= 15 is 0 Å². The van der Waals surface area contributed by atoms with Gasteiger partial charge in [-0.1, -0.05) is 35.2 Å². The molecule has 0 radical (unpaired) electrons. The second-order valence-corrected chi connectivity index (χ2v) is 6.56. The molecule has 2 N–H and O–H groups in total. The summed E-state index contributed by atoms with van der Waals surface area (Å²) < 4.78 is 0.760. The van der Waals surface area contributed by atoms with Gasteiger partial charge in [0.05, 0.1) is 11.5 Å². The Morgan fingerprint density at radius 2 is 2.29 bits per heavy atom. The molecule has 8 heteroatoms. The molecule has 0 aliphatic carbocycles. The number of amides is 1. The molecule has 1 aromatic carbocycles. The number of carbonyl (C=O) groups is 1. The van der Waals surface area contributed by atoms with E-state index in [0.29, 0.717) is 5.71 Å². The molecule has 110 valence electrons. The van der Waals surface area contributed by atoms with Gasteiger partial charge in [0.1, 0.15) is 10.8 Å². The number of phenolic OH excluding ortho intramolecular Hbond substituents is 1. The molecule has 0 spiro atoms. The van der Waals surface area contributed by atoms with Gasteiger partial charge in [-0.15, -0.1) is 10.2 Å². The minimum atomic E-state index is -0.215. The summed E-state index contributed by atoms with van der Waals surface area (Å²) in [5.41, 5.74) is 3.85. The van der Waals surface area contributed by atoms with Crippen molar-refractivity contribution in [1.82, 2.24) is 15.6 Å². The highest BCUT2D eigenvalue weighted by Gasteiger charge is 2.06. The topological polar surface area (TPSA) is 87.5 Å². The standard InChI is InChI=1S/C13H14N4O2S2/c1-8(10-4-3-5-11(18)6-10)14-16-12(19)7-20-13-17-15-9(2)21-13/h3-6,18H,7H2,1-2H3,(H,16,19)/b14-8-. The van der Waals surface area contributed by atoms with Crippen LogP contribution < -0.4 is 5.43 Å². The number of benzene rings is 1. The maximum absolute atomic E-state index is 11.7. The Kier molecular flexibility index (Phi) is 5.29. The van der Waals surface area contributed by atoms with Crippen LogP contribution in [0, 0.1) is 6.92 Å². The van der Waals surface area contributed by atoms with E-state index in [1.165, 1.54) is 23.1 Å². The summed E-state index contributed by atoms with van der Waals surface area (Å²) in [6, 6.07) is 6.70. The van der Waals surface area contributed by atoms with E-state index in [0.717, 1.165) is 14.9 Å². The van der Waals surface area contributed by atoms with Gasteiger partial charge in [-0.05, 0) is 26.0 Å². The largest absolute Gasteiger partial charge is 0.508 e. The third-order valence-electron chi connectivity index (χ3n) is 2.45. The van der Waals surface area contributed by atoms with Gasteiger partial charge >= 0.3 is 0 Å². The van der Waals surface area contributed by atoms with Crippen LogP contribution in [0.25, 0.3) is 0 Å². The molecule has 1 amide bonds. The van der Waals surface area contributed by atoms with Gasteiger partial charge in [0, 0.05) is 5.56 Å². The van der Waals surface area contributed by atoms with E-state index in [-0.39, 0.29) is 17.4 Å². The van der Waals surface area contributed by atoms with Crippen molar-refractivity contribution in [3.05, 3.63) is 34.8 Å². The van der Waals surface area contributed by atoms with Crippen molar-refractivity contribution < 1.29 is 9.90 Å². The zero-order valence-corrected chi connectivity index (χ0v) is 13.2. The van der Waals surface area contributed by atoms with Gasteiger partial charge in [0.25, 0.3) is 5.91 Å². The van der Waals surface area contributed by atoms with Crippen LogP contribution in [0.3, 0.4) is 0 Å². The Balaban J connectivity index is 1.86. The molecule has 21 heavy (non-hydrogen) atoms. The van der Waals surface area contributed by atoms with Crippen molar-refractivity contribution in [1.29, 1.82) is 0 Å². The van der Waals surface area contributed by atoms with Crippen molar-refractivity contribution in [3.63, 3.8) is 0 Å². The monoisotopic (exact) mass is 322 g/mol. The van der Waals surface area contributed by atoms with Crippen molar-refractivity contribution in [2.75, 3.05) is 5.75 Å². The van der Waals surface area contributed by atoms with E-state index < -0.39 is 0 Å². The molecule has 0 aliphatic rings. The first-order chi connectivity index (χ1) is 10.0. The summed E-state index contributed by atoms with van der Waals surface area (Å²) in [4.78, 5) is 11.7. The minimum Gasteiger partial charge on any atom is -0.508 e. The third-order valence-corrected chi connectivity index (χ3v) is 4.42. The lowest BCUT2D eigenvalue weighted by atomic mass is 10.1. The second-order valence-electron chi connectivity index (χ2n) is 4.16. The lowest BCUT2D eigenvalue weighted by molar-refractivity contribution is -0.118. The predicted molar refractivity (Wildman–Crippen MR) is 83.8 cm³/mol. The molecule has 0 fully saturated rings. The van der Waals surface area contributed by atoms with Crippen molar-refractivity contribution in [2.45, 2.75) is 18.2 Å². The minimum absolute atomic E-state index is 0.163. The lowest BCUT2D eigenvalue weighted by Crippen LogP contribution is -2.21. The number of carbonyl (C=O) groups excluding carboxylic acids is 1. The Morgan fingerprint density at radius 3 is 2.95 bits per heavy atom. The van der Waals surface area contributed by atoms with Crippen LogP contribution in [0.1, 0.15) is 17.5 Å². The quantitative estimate of drug-likeness (QED) is 0.500. The second kappa shape index (κ2) is 7.19. The predicted octanol–water partition coefficient (Wildman–Crippen LogP) is 2.18. The number of nitrogens with zero attached hydrogens (tertiary/aromatic N) is 3. The molecule has 1 aromatic heterocycles. The molecule has 0 saturated carbocycles. The van der Waals surface area contributed by atoms with Crippen LogP contribution in [0.2, 0.25) is 0 Å². The van der Waals surface area contributed by atoms with E-state index in [1.807, 2.05) is 13.0 Å². The van der Waals surface area contributed by atoms with Crippen LogP contribution in [-0.4, -0.2) is 32.7 Å². The molecule has 0 atom stereocenters. The Labute approximate surface area is 130 Å². The number of hydrogen-bond acceptors (Lipinski definition) is 7. The molecule has 6 nitrogen and oxygen atoms in total. The van der Waals surface area contributed by atoms with Crippen molar-refractivity contribution >= 4 is 34.7 Å². The number of thioether (sulfide) groups is 1. The van der Waals surface area contributed by atoms with Crippen LogP contribution in [-0.2, 0) is 4.79 Å². The number of aromatic nitrogens is 2. The molecule has 1 heterocycles. The first-order valence-electron chi connectivity index (χ1n) is 6.10. The highest BCUT2D eigenvalue weighted by atomic mass is 32.2. The fraction of sp³-hybridized carbons (Fsp3) is 0.231. The van der Waals surface area contributed by atoms with E-state index in [1.54, 1.807) is 25.1 Å². The lowest BCUT2D eigenvalue weighted by Gasteiger charge is -2.02. The first-order valence-corrected chi connectivity index (χ1v) is 7.90. The summed E-state index contributed by atoms with van der Waals surface area (Å²) in [7, 11) is 0. The summed E-state index contributed by atoms with van der Waals surface area (Å²) in [5.74, 6) is 0.175. The van der Waals surface area contributed by atoms with Gasteiger partial charge in [0.15, 0.2) is 4.34 Å². The SMILES string of the molecule is C/C(=N/NC(=O)CSc1nnc(C)s1)c1cccc(O)c1. The smallest absolute Gasteiger partial charge is 0.250 e. The number of hydrogen-bond donors (Lipinski definition) is 2. The highest BCUT2D eigenvalue weighted by molar-refractivity contribution is 8.01. The van der Waals surface area contributed by atoms with Crippen LogP contribution in [0.5, 0.6) is 5.75 Å². The normalized spacial score (nSPS) is 11.4. The Morgan fingerprint density at radius 1 is 1.48 bits per heavy atom. The maximum atomic E-state index is 11.7. The molecular weight excluding hydrogens is 308 g/mol. The van der Waals surface area contributed by atoms with E-state index in [9.17, 15) is 9.90 Å². The fourth-order valence-corrected chi connectivity index (χ4v) is 3.05. The zero-order valence-electron chi connectivity index (χ0n) is 11.5. The van der Waals surface area contributed by atoms with Crippen LogP contribution in [0.15, 0.2) is 33.7 Å². The van der Waals surface area contributed by atoms with Gasteiger partial charge in [-0.25, -0.2) is 5.43 Å². The Hall–Kier alpha value is -1.93. The average molecular weight is 322 g/mol. The van der Waals surface area contributed by atoms with Gasteiger partial charge in [-0.3, -0.25) is 4.79 Å². The fourth-order valence-electron chi connectivity index (χ4n) is 1.44. The number of rotatable bonds is 5. The molecule has 0 aliphatic heterocycles. The molecular formula is C13H14N4O2S2. The molecule has 0 saturated heterocycles. The number of aromatic hydroxyl groups is 1. The third kappa shape index (κ3) is 4.83. The van der Waals surface area contributed by atoms with Crippen LogP contribution >= 0.6 is 23.1 Å². The zero-order chi connectivity index (χ0) is 15.2. The van der Waals surface area contributed by atoms with E-state index in [4.69, 9.17) is 0 Å². The maximum Gasteiger partial charge on any atom is 0.250 e. The summed E-state index contributed by atoms with van der Waals surface area (Å²) in [6.45, 7) is 3.63. The van der Waals surface area contributed by atoms with E-state index in [2.05, 4.69) is 20.7 Å². The molecule has 0 bridgehead atoms. The van der Waals surface area contributed by atoms with Gasteiger partial charge in [0.2, 0.25) is 0 Å².